The van der Waals surface area contributed by atoms with E-state index in [1.165, 1.54) is 11.1 Å². The summed E-state index contributed by atoms with van der Waals surface area (Å²) in [4.78, 5) is 6.72. The van der Waals surface area contributed by atoms with Crippen LogP contribution in [0.2, 0.25) is 0 Å². The predicted molar refractivity (Wildman–Crippen MR) is 119 cm³/mol. The Bertz CT molecular complexity index is 504. The fraction of sp³-hybridized carbons (Fsp3) is 0.632. The van der Waals surface area contributed by atoms with Gasteiger partial charge in [0.2, 0.25) is 0 Å². The molecule has 1 aromatic carbocycles. The fourth-order valence-electron chi connectivity index (χ4n) is 2.69. The van der Waals surface area contributed by atoms with Gasteiger partial charge < -0.3 is 20.3 Å². The van der Waals surface area contributed by atoms with E-state index >= 15 is 0 Å². The molecule has 0 spiro atoms. The van der Waals surface area contributed by atoms with Gasteiger partial charge in [-0.3, -0.25) is 4.99 Å². The summed E-state index contributed by atoms with van der Waals surface area (Å²) in [7, 11) is 3.53. The Balaban J connectivity index is 0.00000576. The highest BCUT2D eigenvalue weighted by Gasteiger charge is 2.04. The van der Waals surface area contributed by atoms with Crippen LogP contribution in [-0.2, 0) is 6.42 Å². The van der Waals surface area contributed by atoms with Gasteiger partial charge >= 0.3 is 0 Å². The van der Waals surface area contributed by atoms with Crippen molar-refractivity contribution in [1.29, 1.82) is 0 Å². The Morgan fingerprint density at radius 3 is 2.44 bits per heavy atom. The molecule has 0 heterocycles. The Morgan fingerprint density at radius 1 is 1.16 bits per heavy atom. The average molecular weight is 462 g/mol. The van der Waals surface area contributed by atoms with Gasteiger partial charge in [0.15, 0.2) is 5.96 Å². The summed E-state index contributed by atoms with van der Waals surface area (Å²) >= 11 is 0. The molecule has 2 N–H and O–H groups in total. The van der Waals surface area contributed by atoms with E-state index in [-0.39, 0.29) is 24.0 Å². The molecular formula is C19H35IN4O. The molecule has 0 saturated carbocycles. The van der Waals surface area contributed by atoms with Crippen molar-refractivity contribution in [2.45, 2.75) is 33.6 Å². The summed E-state index contributed by atoms with van der Waals surface area (Å²) in [6.07, 6.45) is 2.03. The number of nitrogens with one attached hydrogen (secondary N) is 2. The van der Waals surface area contributed by atoms with Gasteiger partial charge in [-0.25, -0.2) is 0 Å². The van der Waals surface area contributed by atoms with Gasteiger partial charge in [0, 0.05) is 20.1 Å². The third-order valence-corrected chi connectivity index (χ3v) is 4.18. The van der Waals surface area contributed by atoms with E-state index in [0.29, 0.717) is 0 Å². The van der Waals surface area contributed by atoms with Crippen molar-refractivity contribution in [2.24, 2.45) is 4.99 Å². The summed E-state index contributed by atoms with van der Waals surface area (Å²) < 4.78 is 5.43. The van der Waals surface area contributed by atoms with Crippen molar-refractivity contribution < 1.29 is 4.74 Å². The van der Waals surface area contributed by atoms with E-state index in [1.54, 1.807) is 7.11 Å². The van der Waals surface area contributed by atoms with E-state index < -0.39 is 0 Å². The summed E-state index contributed by atoms with van der Waals surface area (Å²) in [6, 6.07) is 6.29. The molecule has 0 aliphatic rings. The number of nitrogens with zero attached hydrogens (tertiary/aromatic N) is 2. The molecule has 0 saturated heterocycles. The minimum Gasteiger partial charge on any atom is -0.496 e. The molecule has 0 atom stereocenters. The number of hydrogen-bond acceptors (Lipinski definition) is 3. The van der Waals surface area contributed by atoms with Gasteiger partial charge in [0.25, 0.3) is 0 Å². The zero-order chi connectivity index (χ0) is 17.8. The molecular weight excluding hydrogens is 427 g/mol. The topological polar surface area (TPSA) is 48.9 Å². The maximum atomic E-state index is 5.43. The number of benzene rings is 1. The number of aryl methyl sites for hydroxylation is 1. The molecule has 0 radical (unpaired) electrons. The van der Waals surface area contributed by atoms with Crippen LogP contribution in [0.1, 0.15) is 31.4 Å². The molecule has 144 valence electrons. The van der Waals surface area contributed by atoms with Crippen LogP contribution >= 0.6 is 24.0 Å². The van der Waals surface area contributed by atoms with Crippen molar-refractivity contribution in [3.63, 3.8) is 0 Å². The van der Waals surface area contributed by atoms with Gasteiger partial charge in [0.1, 0.15) is 5.75 Å². The van der Waals surface area contributed by atoms with Crippen molar-refractivity contribution >= 4 is 29.9 Å². The zero-order valence-electron chi connectivity index (χ0n) is 16.4. The predicted octanol–water partition coefficient (Wildman–Crippen LogP) is 3.06. The van der Waals surface area contributed by atoms with Gasteiger partial charge in [-0.15, -0.1) is 24.0 Å². The lowest BCUT2D eigenvalue weighted by molar-refractivity contribution is 0.300. The normalized spacial score (nSPS) is 11.2. The van der Waals surface area contributed by atoms with Crippen LogP contribution in [0.4, 0.5) is 0 Å². The molecule has 6 heteroatoms. The highest BCUT2D eigenvalue weighted by atomic mass is 127. The van der Waals surface area contributed by atoms with Gasteiger partial charge in [-0.1, -0.05) is 31.5 Å². The van der Waals surface area contributed by atoms with Crippen molar-refractivity contribution in [2.75, 3.05) is 46.9 Å². The highest BCUT2D eigenvalue weighted by Crippen LogP contribution is 2.19. The van der Waals surface area contributed by atoms with E-state index in [4.69, 9.17) is 4.74 Å². The van der Waals surface area contributed by atoms with Crippen molar-refractivity contribution in [1.82, 2.24) is 15.5 Å². The number of aliphatic imine (C=N–C) groups is 1. The average Bonchev–Trinajstić information content (AvgIpc) is 2.60. The van der Waals surface area contributed by atoms with Gasteiger partial charge in [0.05, 0.1) is 7.11 Å². The lowest BCUT2D eigenvalue weighted by atomic mass is 10.1. The maximum absolute atomic E-state index is 5.43. The fourth-order valence-corrected chi connectivity index (χ4v) is 2.69. The minimum absolute atomic E-state index is 0. The molecule has 0 aliphatic heterocycles. The first-order valence-corrected chi connectivity index (χ1v) is 8.94. The molecule has 0 amide bonds. The maximum Gasteiger partial charge on any atom is 0.190 e. The smallest absolute Gasteiger partial charge is 0.190 e. The van der Waals surface area contributed by atoms with E-state index in [1.807, 2.05) is 13.1 Å². The minimum atomic E-state index is 0. The Labute approximate surface area is 170 Å². The molecule has 0 unspecified atom stereocenters. The summed E-state index contributed by atoms with van der Waals surface area (Å²) in [5.41, 5.74) is 2.48. The Kier molecular flexibility index (Phi) is 13.6. The highest BCUT2D eigenvalue weighted by molar-refractivity contribution is 14.0. The SMILES string of the molecule is CCN(CC)CCCNC(=NC)NCCc1cc(C)ccc1OC.I. The molecule has 1 rings (SSSR count). The van der Waals surface area contributed by atoms with Crippen LogP contribution < -0.4 is 15.4 Å². The molecule has 0 bridgehead atoms. The number of halogens is 1. The molecule has 0 aliphatic carbocycles. The van der Waals surface area contributed by atoms with Crippen LogP contribution in [0.25, 0.3) is 0 Å². The number of methoxy groups -OCH3 is 1. The summed E-state index contributed by atoms with van der Waals surface area (Å²) in [5.74, 6) is 1.81. The molecule has 0 aromatic heterocycles. The lowest BCUT2D eigenvalue weighted by Crippen LogP contribution is -2.39. The second-order valence-electron chi connectivity index (χ2n) is 5.87. The van der Waals surface area contributed by atoms with Crippen LogP contribution in [0, 0.1) is 6.92 Å². The zero-order valence-corrected chi connectivity index (χ0v) is 18.7. The summed E-state index contributed by atoms with van der Waals surface area (Å²) in [6.45, 7) is 11.6. The summed E-state index contributed by atoms with van der Waals surface area (Å²) in [5, 5.41) is 6.75. The standard InChI is InChI=1S/C19H34N4O.HI/c1-6-23(7-2)14-8-12-21-19(20-4)22-13-11-17-15-16(3)9-10-18(17)24-5;/h9-10,15H,6-8,11-14H2,1-5H3,(H2,20,21,22);1H. The Hall–Kier alpha value is -1.02. The second-order valence-corrected chi connectivity index (χ2v) is 5.87. The van der Waals surface area contributed by atoms with Gasteiger partial charge in [-0.05, 0) is 51.0 Å². The molecule has 0 fully saturated rings. The number of ether oxygens (including phenoxy) is 1. The van der Waals surface area contributed by atoms with Crippen molar-refractivity contribution in [3.8, 4) is 5.75 Å². The third kappa shape index (κ3) is 9.30. The monoisotopic (exact) mass is 462 g/mol. The number of guanidine groups is 1. The quantitative estimate of drug-likeness (QED) is 0.243. The number of hydrogen-bond donors (Lipinski definition) is 2. The van der Waals surface area contributed by atoms with Gasteiger partial charge in [-0.2, -0.15) is 0 Å². The largest absolute Gasteiger partial charge is 0.496 e. The van der Waals surface area contributed by atoms with Crippen molar-refractivity contribution in [3.05, 3.63) is 29.3 Å². The number of rotatable bonds is 10. The van der Waals surface area contributed by atoms with Crippen LogP contribution in [0.15, 0.2) is 23.2 Å². The van der Waals surface area contributed by atoms with E-state index in [2.05, 4.69) is 53.4 Å². The molecule has 25 heavy (non-hydrogen) atoms. The molecule has 1 aromatic rings. The molecule has 5 nitrogen and oxygen atoms in total. The Morgan fingerprint density at radius 2 is 1.84 bits per heavy atom. The van der Waals surface area contributed by atoms with Crippen LogP contribution in [-0.4, -0.2) is 57.7 Å². The van der Waals surface area contributed by atoms with E-state index in [0.717, 1.165) is 57.3 Å². The first kappa shape index (κ1) is 24.0. The first-order valence-electron chi connectivity index (χ1n) is 8.94. The lowest BCUT2D eigenvalue weighted by Gasteiger charge is -2.18. The first-order chi connectivity index (χ1) is 11.6. The van der Waals surface area contributed by atoms with Crippen LogP contribution in [0.3, 0.4) is 0 Å². The van der Waals surface area contributed by atoms with E-state index in [9.17, 15) is 0 Å². The second kappa shape index (κ2) is 14.2. The van der Waals surface area contributed by atoms with Crippen LogP contribution in [0.5, 0.6) is 5.75 Å². The third-order valence-electron chi connectivity index (χ3n) is 4.18.